The molecule has 1 aliphatic rings. The molecule has 4 nitrogen and oxygen atoms in total. The zero-order valence-corrected chi connectivity index (χ0v) is 11.7. The van der Waals surface area contributed by atoms with Gasteiger partial charge in [0, 0.05) is 18.6 Å². The number of nitrogens with zero attached hydrogens (tertiary/aromatic N) is 1. The predicted octanol–water partition coefficient (Wildman–Crippen LogP) is 2.05. The van der Waals surface area contributed by atoms with E-state index < -0.39 is 0 Å². The number of ether oxygens (including phenoxy) is 1. The minimum Gasteiger partial charge on any atom is -0.378 e. The molecular formula is C15H22N2O2. The van der Waals surface area contributed by atoms with Gasteiger partial charge in [0.25, 0.3) is 0 Å². The average Bonchev–Trinajstić information content (AvgIpc) is 2.39. The highest BCUT2D eigenvalue weighted by atomic mass is 16.5. The molecule has 2 amide bonds. The Hall–Kier alpha value is -1.55. The van der Waals surface area contributed by atoms with E-state index in [1.165, 1.54) is 5.56 Å². The van der Waals surface area contributed by atoms with Crippen LogP contribution in [0.1, 0.15) is 19.4 Å². The number of hydrogen-bond donors (Lipinski definition) is 1. The van der Waals surface area contributed by atoms with Crippen molar-refractivity contribution in [2.24, 2.45) is 0 Å². The highest BCUT2D eigenvalue weighted by Gasteiger charge is 2.25. The van der Waals surface area contributed by atoms with E-state index in [2.05, 4.69) is 31.3 Å². The van der Waals surface area contributed by atoms with Gasteiger partial charge in [0.2, 0.25) is 0 Å². The highest BCUT2D eigenvalue weighted by molar-refractivity contribution is 5.75. The number of hydrogen-bond acceptors (Lipinski definition) is 2. The summed E-state index contributed by atoms with van der Waals surface area (Å²) in [5.41, 5.74) is 0.978. The fourth-order valence-electron chi connectivity index (χ4n) is 2.29. The number of amides is 2. The molecule has 1 heterocycles. The zero-order valence-electron chi connectivity index (χ0n) is 11.7. The first-order valence-corrected chi connectivity index (χ1v) is 6.76. The Bertz CT molecular complexity index is 411. The summed E-state index contributed by atoms with van der Waals surface area (Å²) in [6, 6.07) is 10.2. The summed E-state index contributed by atoms with van der Waals surface area (Å²) in [5.74, 6) is 0. The third-order valence-corrected chi connectivity index (χ3v) is 3.23. The average molecular weight is 262 g/mol. The number of carbonyl (C=O) groups is 1. The first-order chi connectivity index (χ1) is 9.07. The lowest BCUT2D eigenvalue weighted by Crippen LogP contribution is -2.53. The molecule has 1 aromatic carbocycles. The van der Waals surface area contributed by atoms with Crippen molar-refractivity contribution >= 4 is 6.03 Å². The van der Waals surface area contributed by atoms with Crippen molar-refractivity contribution in [3.05, 3.63) is 35.9 Å². The van der Waals surface area contributed by atoms with Crippen molar-refractivity contribution in [1.82, 2.24) is 10.2 Å². The van der Waals surface area contributed by atoms with Gasteiger partial charge in [0.1, 0.15) is 0 Å². The van der Waals surface area contributed by atoms with E-state index in [1.54, 1.807) is 0 Å². The van der Waals surface area contributed by atoms with Crippen LogP contribution in [0.3, 0.4) is 0 Å². The molecule has 19 heavy (non-hydrogen) atoms. The van der Waals surface area contributed by atoms with E-state index >= 15 is 0 Å². The molecular weight excluding hydrogens is 240 g/mol. The minimum atomic E-state index is -0.253. The molecule has 0 bridgehead atoms. The van der Waals surface area contributed by atoms with E-state index in [9.17, 15) is 4.79 Å². The Morgan fingerprint density at radius 2 is 1.89 bits per heavy atom. The van der Waals surface area contributed by atoms with Gasteiger partial charge in [-0.2, -0.15) is 0 Å². The number of nitrogens with one attached hydrogen (secondary N) is 1. The van der Waals surface area contributed by atoms with Crippen LogP contribution in [0, 0.1) is 0 Å². The van der Waals surface area contributed by atoms with Crippen molar-refractivity contribution in [1.29, 1.82) is 0 Å². The molecule has 0 aliphatic carbocycles. The molecule has 0 saturated carbocycles. The van der Waals surface area contributed by atoms with Crippen LogP contribution in [0.15, 0.2) is 30.3 Å². The lowest BCUT2D eigenvalue weighted by molar-refractivity contribution is 0.0514. The summed E-state index contributed by atoms with van der Waals surface area (Å²) >= 11 is 0. The van der Waals surface area contributed by atoms with Crippen molar-refractivity contribution in [2.75, 3.05) is 26.3 Å². The molecule has 1 fully saturated rings. The second kappa shape index (κ2) is 6.06. The summed E-state index contributed by atoms with van der Waals surface area (Å²) < 4.78 is 5.25. The van der Waals surface area contributed by atoms with E-state index in [-0.39, 0.29) is 11.6 Å². The largest absolute Gasteiger partial charge is 0.378 e. The van der Waals surface area contributed by atoms with Gasteiger partial charge in [0.05, 0.1) is 13.2 Å². The fraction of sp³-hybridized carbons (Fsp3) is 0.533. The molecule has 1 aromatic rings. The quantitative estimate of drug-likeness (QED) is 0.906. The Kier molecular flexibility index (Phi) is 4.43. The van der Waals surface area contributed by atoms with Gasteiger partial charge < -0.3 is 15.0 Å². The Balaban J connectivity index is 1.90. The lowest BCUT2D eigenvalue weighted by atomic mass is 9.95. The van der Waals surface area contributed by atoms with Gasteiger partial charge in [-0.15, -0.1) is 0 Å². The van der Waals surface area contributed by atoms with Crippen molar-refractivity contribution in [3.8, 4) is 0 Å². The number of benzene rings is 1. The number of rotatable bonds is 3. The Morgan fingerprint density at radius 3 is 2.53 bits per heavy atom. The molecule has 1 aliphatic heterocycles. The first kappa shape index (κ1) is 13.9. The van der Waals surface area contributed by atoms with Gasteiger partial charge in [-0.3, -0.25) is 0 Å². The van der Waals surface area contributed by atoms with E-state index in [0.717, 1.165) is 6.42 Å². The normalized spacial score (nSPS) is 16.2. The van der Waals surface area contributed by atoms with Crippen LogP contribution in [0.2, 0.25) is 0 Å². The Morgan fingerprint density at radius 1 is 1.26 bits per heavy atom. The molecule has 0 radical (unpaired) electrons. The highest BCUT2D eigenvalue weighted by Crippen LogP contribution is 2.13. The maximum atomic E-state index is 12.2. The van der Waals surface area contributed by atoms with Gasteiger partial charge in [-0.25, -0.2) is 4.79 Å². The smallest absolute Gasteiger partial charge is 0.317 e. The molecule has 0 unspecified atom stereocenters. The van der Waals surface area contributed by atoms with Gasteiger partial charge in [-0.05, 0) is 25.8 Å². The minimum absolute atomic E-state index is 0.00392. The zero-order chi connectivity index (χ0) is 13.7. The number of carbonyl (C=O) groups excluding carboxylic acids is 1. The van der Waals surface area contributed by atoms with Crippen LogP contribution in [0.25, 0.3) is 0 Å². The second-order valence-electron chi connectivity index (χ2n) is 5.58. The van der Waals surface area contributed by atoms with Crippen LogP contribution < -0.4 is 5.32 Å². The molecule has 4 heteroatoms. The second-order valence-corrected chi connectivity index (χ2v) is 5.58. The molecule has 1 N–H and O–H groups in total. The lowest BCUT2D eigenvalue weighted by Gasteiger charge is -2.33. The molecule has 2 rings (SSSR count). The maximum absolute atomic E-state index is 12.2. The molecule has 0 spiro atoms. The Labute approximate surface area is 114 Å². The molecule has 104 valence electrons. The first-order valence-electron chi connectivity index (χ1n) is 6.76. The van der Waals surface area contributed by atoms with Crippen LogP contribution >= 0.6 is 0 Å². The predicted molar refractivity (Wildman–Crippen MR) is 75.1 cm³/mol. The standard InChI is InChI=1S/C15H22N2O2/c1-15(2,12-13-6-4-3-5-7-13)16-14(18)17-8-10-19-11-9-17/h3-7H,8-12H2,1-2H3,(H,16,18). The van der Waals surface area contributed by atoms with Crippen LogP contribution in [-0.2, 0) is 11.2 Å². The third kappa shape index (κ3) is 4.24. The van der Waals surface area contributed by atoms with E-state index in [0.29, 0.717) is 26.3 Å². The van der Waals surface area contributed by atoms with Crippen LogP contribution in [-0.4, -0.2) is 42.8 Å². The van der Waals surface area contributed by atoms with Crippen molar-refractivity contribution < 1.29 is 9.53 Å². The third-order valence-electron chi connectivity index (χ3n) is 3.23. The van der Waals surface area contributed by atoms with Crippen LogP contribution in [0.5, 0.6) is 0 Å². The van der Waals surface area contributed by atoms with E-state index in [1.807, 2.05) is 23.1 Å². The van der Waals surface area contributed by atoms with Crippen molar-refractivity contribution in [3.63, 3.8) is 0 Å². The molecule has 1 saturated heterocycles. The van der Waals surface area contributed by atoms with Gasteiger partial charge in [-0.1, -0.05) is 30.3 Å². The molecule has 0 atom stereocenters. The number of morpholine rings is 1. The summed E-state index contributed by atoms with van der Waals surface area (Å²) in [5, 5.41) is 3.11. The van der Waals surface area contributed by atoms with E-state index in [4.69, 9.17) is 4.74 Å². The maximum Gasteiger partial charge on any atom is 0.317 e. The monoisotopic (exact) mass is 262 g/mol. The summed E-state index contributed by atoms with van der Waals surface area (Å²) in [7, 11) is 0. The number of urea groups is 1. The molecule has 0 aromatic heterocycles. The topological polar surface area (TPSA) is 41.6 Å². The summed E-state index contributed by atoms with van der Waals surface area (Å²) in [4.78, 5) is 14.0. The van der Waals surface area contributed by atoms with Crippen LogP contribution in [0.4, 0.5) is 4.79 Å². The fourth-order valence-corrected chi connectivity index (χ4v) is 2.29. The van der Waals surface area contributed by atoms with Gasteiger partial charge in [0.15, 0.2) is 0 Å². The SMILES string of the molecule is CC(C)(Cc1ccccc1)NC(=O)N1CCOCC1. The summed E-state index contributed by atoms with van der Waals surface area (Å²) in [6.07, 6.45) is 0.823. The summed E-state index contributed by atoms with van der Waals surface area (Å²) in [6.45, 7) is 6.72. The van der Waals surface area contributed by atoms with Gasteiger partial charge >= 0.3 is 6.03 Å². The van der Waals surface area contributed by atoms with Crippen molar-refractivity contribution in [2.45, 2.75) is 25.8 Å².